The molecule has 0 saturated carbocycles. The average molecular weight is 330 g/mol. The second-order valence-electron chi connectivity index (χ2n) is 4.63. The Balaban J connectivity index is 2.18. The molecule has 1 unspecified atom stereocenters. The lowest BCUT2D eigenvalue weighted by atomic mass is 10.1. The molecule has 0 saturated heterocycles. The number of hydrogen-bond acceptors (Lipinski definition) is 2. The first-order chi connectivity index (χ1) is 8.58. The highest BCUT2D eigenvalue weighted by molar-refractivity contribution is 9.09. The van der Waals surface area contributed by atoms with E-state index < -0.39 is 0 Å². The average Bonchev–Trinajstić information content (AvgIpc) is 2.34. The Labute approximate surface area is 122 Å². The minimum atomic E-state index is 0.0945. The minimum Gasteiger partial charge on any atom is -0.354 e. The summed E-state index contributed by atoms with van der Waals surface area (Å²) in [4.78, 5) is 13.1. The fraction of sp³-hybridized carbons (Fsp3) is 0.500. The topological polar surface area (TPSA) is 29.1 Å². The molecule has 0 aliphatic rings. The zero-order chi connectivity index (χ0) is 13.4. The molecule has 0 heterocycles. The van der Waals surface area contributed by atoms with Crippen LogP contribution in [-0.4, -0.2) is 23.0 Å². The molecule has 0 aliphatic carbocycles. The van der Waals surface area contributed by atoms with Crippen LogP contribution in [0, 0.1) is 5.92 Å². The van der Waals surface area contributed by atoms with Gasteiger partial charge in [-0.3, -0.25) is 4.79 Å². The summed E-state index contributed by atoms with van der Waals surface area (Å²) in [5, 5.41) is 2.95. The van der Waals surface area contributed by atoms with Crippen molar-refractivity contribution in [3.05, 3.63) is 30.3 Å². The first kappa shape index (κ1) is 15.6. The number of halogens is 1. The molecule has 100 valence electrons. The smallest absolute Gasteiger partial charge is 0.230 e. The molecule has 0 bridgehead atoms. The normalized spacial score (nSPS) is 12.4. The number of thioether (sulfide) groups is 1. The summed E-state index contributed by atoms with van der Waals surface area (Å²) in [5.41, 5.74) is 0. The molecule has 18 heavy (non-hydrogen) atoms. The molecule has 0 spiro atoms. The van der Waals surface area contributed by atoms with Gasteiger partial charge in [-0.1, -0.05) is 48.0 Å². The van der Waals surface area contributed by atoms with Crippen molar-refractivity contribution in [3.63, 3.8) is 0 Å². The highest BCUT2D eigenvalue weighted by Crippen LogP contribution is 2.16. The Bertz CT molecular complexity index is 356. The van der Waals surface area contributed by atoms with E-state index in [4.69, 9.17) is 0 Å². The van der Waals surface area contributed by atoms with Gasteiger partial charge >= 0.3 is 0 Å². The van der Waals surface area contributed by atoms with Gasteiger partial charge in [0.2, 0.25) is 5.91 Å². The van der Waals surface area contributed by atoms with Crippen LogP contribution in [0.1, 0.15) is 20.3 Å². The van der Waals surface area contributed by atoms with Crippen LogP contribution in [0.3, 0.4) is 0 Å². The van der Waals surface area contributed by atoms with Gasteiger partial charge in [0, 0.05) is 16.3 Å². The van der Waals surface area contributed by atoms with Gasteiger partial charge < -0.3 is 5.32 Å². The zero-order valence-electron chi connectivity index (χ0n) is 10.9. The highest BCUT2D eigenvalue weighted by Gasteiger charge is 2.09. The summed E-state index contributed by atoms with van der Waals surface area (Å²) in [7, 11) is 0. The van der Waals surface area contributed by atoms with Crippen LogP contribution in [-0.2, 0) is 4.79 Å². The molecule has 4 heteroatoms. The number of alkyl halides is 1. The van der Waals surface area contributed by atoms with Crippen LogP contribution in [0.15, 0.2) is 35.2 Å². The van der Waals surface area contributed by atoms with Crippen molar-refractivity contribution in [1.29, 1.82) is 0 Å². The third-order valence-electron chi connectivity index (χ3n) is 2.36. The van der Waals surface area contributed by atoms with Crippen LogP contribution in [0.5, 0.6) is 0 Å². The molecule has 0 aromatic heterocycles. The number of amides is 1. The maximum Gasteiger partial charge on any atom is 0.230 e. The van der Waals surface area contributed by atoms with Crippen LogP contribution >= 0.6 is 27.7 Å². The van der Waals surface area contributed by atoms with Gasteiger partial charge in [0.05, 0.1) is 5.75 Å². The largest absolute Gasteiger partial charge is 0.354 e. The molecule has 1 aromatic carbocycles. The summed E-state index contributed by atoms with van der Waals surface area (Å²) in [6.45, 7) is 5.06. The van der Waals surface area contributed by atoms with Crippen LogP contribution < -0.4 is 5.32 Å². The number of rotatable bonds is 7. The Kier molecular flexibility index (Phi) is 7.44. The molecular formula is C14H20BrNOS. The van der Waals surface area contributed by atoms with Crippen molar-refractivity contribution in [3.8, 4) is 0 Å². The molecule has 1 amide bonds. The third kappa shape index (κ3) is 7.07. The van der Waals surface area contributed by atoms with Crippen LogP contribution in [0.4, 0.5) is 0 Å². The number of benzene rings is 1. The van der Waals surface area contributed by atoms with Gasteiger partial charge in [-0.2, -0.15) is 0 Å². The standard InChI is InChI=1S/C14H20BrNOS/c1-11(2)8-12(15)9-16-14(17)10-18-13-6-4-3-5-7-13/h3-7,11-12H,8-10H2,1-2H3,(H,16,17). The summed E-state index contributed by atoms with van der Waals surface area (Å²) < 4.78 is 0. The summed E-state index contributed by atoms with van der Waals surface area (Å²) >= 11 is 5.15. The number of carbonyl (C=O) groups excluding carboxylic acids is 1. The van der Waals surface area contributed by atoms with E-state index in [1.54, 1.807) is 11.8 Å². The molecule has 0 radical (unpaired) electrons. The highest BCUT2D eigenvalue weighted by atomic mass is 79.9. The van der Waals surface area contributed by atoms with Gasteiger partial charge in [-0.25, -0.2) is 0 Å². The lowest BCUT2D eigenvalue weighted by Crippen LogP contribution is -2.31. The molecule has 1 atom stereocenters. The predicted octanol–water partition coefficient (Wildman–Crippen LogP) is 3.70. The number of hydrogen-bond donors (Lipinski definition) is 1. The van der Waals surface area contributed by atoms with Gasteiger partial charge in [0.25, 0.3) is 0 Å². The van der Waals surface area contributed by atoms with Crippen molar-refractivity contribution in [2.75, 3.05) is 12.3 Å². The van der Waals surface area contributed by atoms with E-state index in [0.29, 0.717) is 23.0 Å². The van der Waals surface area contributed by atoms with Gasteiger partial charge in [0.1, 0.15) is 0 Å². The Morgan fingerprint density at radius 1 is 1.33 bits per heavy atom. The fourth-order valence-corrected chi connectivity index (χ4v) is 3.19. The zero-order valence-corrected chi connectivity index (χ0v) is 13.3. The first-order valence-electron chi connectivity index (χ1n) is 6.16. The molecule has 2 nitrogen and oxygen atoms in total. The molecule has 1 aromatic rings. The van der Waals surface area contributed by atoms with E-state index in [9.17, 15) is 4.79 Å². The second kappa shape index (κ2) is 8.59. The lowest BCUT2D eigenvalue weighted by molar-refractivity contribution is -0.118. The van der Waals surface area contributed by atoms with Gasteiger partial charge in [-0.15, -0.1) is 11.8 Å². The summed E-state index contributed by atoms with van der Waals surface area (Å²) in [6.07, 6.45) is 1.08. The first-order valence-corrected chi connectivity index (χ1v) is 8.06. The van der Waals surface area contributed by atoms with E-state index in [2.05, 4.69) is 35.1 Å². The quantitative estimate of drug-likeness (QED) is 0.610. The van der Waals surface area contributed by atoms with E-state index >= 15 is 0 Å². The Hall–Kier alpha value is -0.480. The van der Waals surface area contributed by atoms with E-state index in [1.807, 2.05) is 30.3 Å². The van der Waals surface area contributed by atoms with Crippen molar-refractivity contribution in [2.45, 2.75) is 30.0 Å². The number of carbonyl (C=O) groups is 1. The summed E-state index contributed by atoms with van der Waals surface area (Å²) in [5.74, 6) is 1.22. The monoisotopic (exact) mass is 329 g/mol. The SMILES string of the molecule is CC(C)CC(Br)CNC(=O)CSc1ccccc1. The van der Waals surface area contributed by atoms with Crippen LogP contribution in [0.2, 0.25) is 0 Å². The molecule has 1 N–H and O–H groups in total. The van der Waals surface area contributed by atoms with Crippen molar-refractivity contribution in [1.82, 2.24) is 5.32 Å². The molecule has 0 fully saturated rings. The van der Waals surface area contributed by atoms with E-state index in [-0.39, 0.29) is 5.91 Å². The van der Waals surface area contributed by atoms with Crippen molar-refractivity contribution >= 4 is 33.6 Å². The van der Waals surface area contributed by atoms with Gasteiger partial charge in [-0.05, 0) is 24.5 Å². The van der Waals surface area contributed by atoms with Crippen molar-refractivity contribution in [2.24, 2.45) is 5.92 Å². The molecular weight excluding hydrogens is 310 g/mol. The fourth-order valence-electron chi connectivity index (χ4n) is 1.54. The van der Waals surface area contributed by atoms with Crippen LogP contribution in [0.25, 0.3) is 0 Å². The van der Waals surface area contributed by atoms with Gasteiger partial charge in [0.15, 0.2) is 0 Å². The summed E-state index contributed by atoms with van der Waals surface area (Å²) in [6, 6.07) is 9.98. The van der Waals surface area contributed by atoms with Crippen molar-refractivity contribution < 1.29 is 4.79 Å². The maximum absolute atomic E-state index is 11.7. The second-order valence-corrected chi connectivity index (χ2v) is 6.98. The third-order valence-corrected chi connectivity index (χ3v) is 4.07. The Morgan fingerprint density at radius 2 is 2.00 bits per heavy atom. The van der Waals surface area contributed by atoms with E-state index in [0.717, 1.165) is 11.3 Å². The molecule has 0 aliphatic heterocycles. The lowest BCUT2D eigenvalue weighted by Gasteiger charge is -2.13. The van der Waals surface area contributed by atoms with E-state index in [1.165, 1.54) is 0 Å². The Morgan fingerprint density at radius 3 is 2.61 bits per heavy atom. The number of nitrogens with one attached hydrogen (secondary N) is 1. The molecule has 1 rings (SSSR count). The predicted molar refractivity (Wildman–Crippen MR) is 82.3 cm³/mol. The maximum atomic E-state index is 11.7. The minimum absolute atomic E-state index is 0.0945.